The average Bonchev–Trinajstić information content (AvgIpc) is 2.75. The first-order chi connectivity index (χ1) is 15.0. The second-order valence-corrected chi connectivity index (χ2v) is 7.74. The monoisotopic (exact) mass is 424 g/mol. The van der Waals surface area contributed by atoms with Gasteiger partial charge in [-0.15, -0.1) is 0 Å². The van der Waals surface area contributed by atoms with Gasteiger partial charge < -0.3 is 25.4 Å². The highest BCUT2D eigenvalue weighted by atomic mass is 16.5. The van der Waals surface area contributed by atoms with Crippen LogP contribution in [0.25, 0.3) is 0 Å². The van der Waals surface area contributed by atoms with E-state index in [1.165, 1.54) is 16.7 Å². The van der Waals surface area contributed by atoms with Gasteiger partial charge in [0.15, 0.2) is 12.6 Å². The van der Waals surface area contributed by atoms with Crippen LogP contribution >= 0.6 is 0 Å². The molecule has 31 heavy (non-hydrogen) atoms. The number of morpholine rings is 1. The Morgan fingerprint density at radius 2 is 2.13 bits per heavy atom. The quantitative estimate of drug-likeness (QED) is 0.527. The predicted octanol–water partition coefficient (Wildman–Crippen LogP) is 2.71. The van der Waals surface area contributed by atoms with E-state index in [0.29, 0.717) is 18.9 Å². The summed E-state index contributed by atoms with van der Waals surface area (Å²) >= 11 is 0. The van der Waals surface area contributed by atoms with Gasteiger partial charge in [-0.3, -0.25) is 4.79 Å². The Hall–Kier alpha value is -3.06. The van der Waals surface area contributed by atoms with Crippen molar-refractivity contribution in [3.05, 3.63) is 64.7 Å². The Balaban J connectivity index is 1.71. The van der Waals surface area contributed by atoms with Crippen molar-refractivity contribution in [1.82, 2.24) is 10.2 Å². The number of hydrogen-bond acceptors (Lipinski definition) is 4. The summed E-state index contributed by atoms with van der Waals surface area (Å²) in [6, 6.07) is 14.1. The SMILES string of the molecule is CCNC(=NCc1cccc(OCC(N)=O)c1)N1CCOC(c2ccc(C)cc2C)C1. The molecule has 3 rings (SSSR count). The summed E-state index contributed by atoms with van der Waals surface area (Å²) in [6.45, 7) is 9.64. The molecule has 0 bridgehead atoms. The topological polar surface area (TPSA) is 89.2 Å². The van der Waals surface area contributed by atoms with E-state index in [2.05, 4.69) is 49.2 Å². The molecular formula is C24H32N4O3. The lowest BCUT2D eigenvalue weighted by Gasteiger charge is -2.36. The highest BCUT2D eigenvalue weighted by Gasteiger charge is 2.25. The van der Waals surface area contributed by atoms with E-state index < -0.39 is 5.91 Å². The fourth-order valence-electron chi connectivity index (χ4n) is 3.70. The molecule has 166 valence electrons. The van der Waals surface area contributed by atoms with Crippen molar-refractivity contribution in [3.63, 3.8) is 0 Å². The molecule has 3 N–H and O–H groups in total. The van der Waals surface area contributed by atoms with Gasteiger partial charge >= 0.3 is 0 Å². The Labute approximate surface area is 184 Å². The second kappa shape index (κ2) is 10.8. The summed E-state index contributed by atoms with van der Waals surface area (Å²) in [6.07, 6.45) is 0.0173. The van der Waals surface area contributed by atoms with Gasteiger partial charge in [0, 0.05) is 13.1 Å². The first-order valence-electron chi connectivity index (χ1n) is 10.7. The van der Waals surface area contributed by atoms with Crippen molar-refractivity contribution in [2.75, 3.05) is 32.8 Å². The smallest absolute Gasteiger partial charge is 0.255 e. The van der Waals surface area contributed by atoms with E-state index in [4.69, 9.17) is 20.2 Å². The lowest BCUT2D eigenvalue weighted by Crippen LogP contribution is -2.48. The molecule has 1 saturated heterocycles. The number of nitrogens with one attached hydrogen (secondary N) is 1. The minimum absolute atomic E-state index is 0.0173. The fraction of sp³-hybridized carbons (Fsp3) is 0.417. The number of rotatable bonds is 7. The van der Waals surface area contributed by atoms with Crippen LogP contribution in [0, 0.1) is 13.8 Å². The molecule has 1 amide bonds. The van der Waals surface area contributed by atoms with Crippen LogP contribution < -0.4 is 15.8 Å². The molecule has 0 saturated carbocycles. The van der Waals surface area contributed by atoms with Crippen molar-refractivity contribution in [3.8, 4) is 5.75 Å². The van der Waals surface area contributed by atoms with Crippen molar-refractivity contribution >= 4 is 11.9 Å². The molecule has 0 spiro atoms. The lowest BCUT2D eigenvalue weighted by molar-refractivity contribution is -0.119. The van der Waals surface area contributed by atoms with Gasteiger partial charge in [-0.2, -0.15) is 0 Å². The van der Waals surface area contributed by atoms with Gasteiger partial charge in [-0.1, -0.05) is 35.9 Å². The molecule has 1 fully saturated rings. The molecule has 0 aromatic heterocycles. The molecule has 1 heterocycles. The van der Waals surface area contributed by atoms with Crippen molar-refractivity contribution in [1.29, 1.82) is 0 Å². The third kappa shape index (κ3) is 6.46. The molecule has 1 atom stereocenters. The summed E-state index contributed by atoms with van der Waals surface area (Å²) in [5.41, 5.74) is 9.88. The van der Waals surface area contributed by atoms with Gasteiger partial charge in [0.25, 0.3) is 5.91 Å². The molecule has 7 heteroatoms. The number of aliphatic imine (C=N–C) groups is 1. The summed E-state index contributed by atoms with van der Waals surface area (Å²) in [7, 11) is 0. The van der Waals surface area contributed by atoms with E-state index >= 15 is 0 Å². The summed E-state index contributed by atoms with van der Waals surface area (Å²) in [5.74, 6) is 0.977. The van der Waals surface area contributed by atoms with Crippen LogP contribution in [0.4, 0.5) is 0 Å². The Morgan fingerprint density at radius 1 is 1.29 bits per heavy atom. The van der Waals surface area contributed by atoms with E-state index in [1.54, 1.807) is 6.07 Å². The van der Waals surface area contributed by atoms with Crippen LogP contribution in [0.5, 0.6) is 5.75 Å². The Kier molecular flexibility index (Phi) is 7.89. The Bertz CT molecular complexity index is 929. The summed E-state index contributed by atoms with van der Waals surface area (Å²) in [4.78, 5) is 18.0. The van der Waals surface area contributed by atoms with Gasteiger partial charge in [0.05, 0.1) is 19.7 Å². The largest absolute Gasteiger partial charge is 0.484 e. The average molecular weight is 425 g/mol. The lowest BCUT2D eigenvalue weighted by atomic mass is 10.00. The van der Waals surface area contributed by atoms with Crippen molar-refractivity contribution < 1.29 is 14.3 Å². The highest BCUT2D eigenvalue weighted by Crippen LogP contribution is 2.26. The fourth-order valence-corrected chi connectivity index (χ4v) is 3.70. The maximum atomic E-state index is 10.9. The molecule has 1 aliphatic heterocycles. The van der Waals surface area contributed by atoms with Crippen LogP contribution in [0.2, 0.25) is 0 Å². The number of benzene rings is 2. The van der Waals surface area contributed by atoms with Gasteiger partial charge in [0.2, 0.25) is 0 Å². The normalized spacial score (nSPS) is 16.8. The number of nitrogens with zero attached hydrogens (tertiary/aromatic N) is 2. The maximum absolute atomic E-state index is 10.9. The number of amides is 1. The van der Waals surface area contributed by atoms with E-state index in [0.717, 1.165) is 31.2 Å². The van der Waals surface area contributed by atoms with Gasteiger partial charge in [-0.05, 0) is 49.6 Å². The highest BCUT2D eigenvalue weighted by molar-refractivity contribution is 5.80. The zero-order valence-corrected chi connectivity index (χ0v) is 18.6. The summed E-state index contributed by atoms with van der Waals surface area (Å²) in [5, 5.41) is 3.40. The first kappa shape index (κ1) is 22.6. The van der Waals surface area contributed by atoms with Crippen LogP contribution in [-0.2, 0) is 16.1 Å². The number of carbonyl (C=O) groups excluding carboxylic acids is 1. The number of carbonyl (C=O) groups is 1. The molecule has 2 aromatic carbocycles. The van der Waals surface area contributed by atoms with Crippen molar-refractivity contribution in [2.45, 2.75) is 33.4 Å². The molecule has 2 aromatic rings. The van der Waals surface area contributed by atoms with E-state index in [1.807, 2.05) is 18.2 Å². The standard InChI is InChI=1S/C24H32N4O3/c1-4-26-24(27-14-19-6-5-7-20(13-19)31-16-23(25)29)28-10-11-30-22(15-28)21-9-8-17(2)12-18(21)3/h5-9,12-13,22H,4,10-11,14-16H2,1-3H3,(H2,25,29)(H,26,27). The van der Waals surface area contributed by atoms with Crippen LogP contribution in [-0.4, -0.2) is 49.6 Å². The number of nitrogens with two attached hydrogens (primary N) is 1. The Morgan fingerprint density at radius 3 is 2.87 bits per heavy atom. The zero-order valence-electron chi connectivity index (χ0n) is 18.6. The molecule has 0 radical (unpaired) electrons. The first-order valence-corrected chi connectivity index (χ1v) is 10.7. The molecule has 1 aliphatic rings. The minimum Gasteiger partial charge on any atom is -0.484 e. The summed E-state index contributed by atoms with van der Waals surface area (Å²) < 4.78 is 11.5. The second-order valence-electron chi connectivity index (χ2n) is 7.74. The number of primary amides is 1. The van der Waals surface area contributed by atoms with Gasteiger partial charge in [-0.25, -0.2) is 4.99 Å². The molecule has 1 unspecified atom stereocenters. The van der Waals surface area contributed by atoms with E-state index in [-0.39, 0.29) is 12.7 Å². The van der Waals surface area contributed by atoms with Gasteiger partial charge in [0.1, 0.15) is 11.9 Å². The number of guanidine groups is 1. The zero-order chi connectivity index (χ0) is 22.2. The van der Waals surface area contributed by atoms with E-state index in [9.17, 15) is 4.79 Å². The molecule has 7 nitrogen and oxygen atoms in total. The predicted molar refractivity (Wildman–Crippen MR) is 122 cm³/mol. The number of ether oxygens (including phenoxy) is 2. The van der Waals surface area contributed by atoms with Crippen LogP contribution in [0.3, 0.4) is 0 Å². The minimum atomic E-state index is -0.497. The van der Waals surface area contributed by atoms with Crippen molar-refractivity contribution in [2.24, 2.45) is 10.7 Å². The molecular weight excluding hydrogens is 392 g/mol. The van der Waals surface area contributed by atoms with Crippen LogP contribution in [0.15, 0.2) is 47.5 Å². The maximum Gasteiger partial charge on any atom is 0.255 e. The number of hydrogen-bond donors (Lipinski definition) is 2. The number of aryl methyl sites for hydroxylation is 2. The third-order valence-electron chi connectivity index (χ3n) is 5.16. The van der Waals surface area contributed by atoms with Crippen LogP contribution in [0.1, 0.15) is 35.3 Å². The molecule has 0 aliphatic carbocycles. The third-order valence-corrected chi connectivity index (χ3v) is 5.16.